The van der Waals surface area contributed by atoms with Gasteiger partial charge in [-0.25, -0.2) is 0 Å². The van der Waals surface area contributed by atoms with Crippen molar-refractivity contribution < 1.29 is 0 Å². The molecule has 1 atom stereocenters. The number of aryl methyl sites for hydroxylation is 1. The van der Waals surface area contributed by atoms with Gasteiger partial charge in [0.25, 0.3) is 0 Å². The average Bonchev–Trinajstić information content (AvgIpc) is 2.11. The van der Waals surface area contributed by atoms with Crippen molar-refractivity contribution in [3.63, 3.8) is 0 Å². The van der Waals surface area contributed by atoms with Gasteiger partial charge in [0.05, 0.1) is 0 Å². The summed E-state index contributed by atoms with van der Waals surface area (Å²) in [5.41, 5.74) is 8.20. The zero-order chi connectivity index (χ0) is 9.84. The van der Waals surface area contributed by atoms with Crippen LogP contribution in [0.15, 0.2) is 18.2 Å². The van der Waals surface area contributed by atoms with Gasteiger partial charge in [0, 0.05) is 11.1 Å². The summed E-state index contributed by atoms with van der Waals surface area (Å²) in [7, 11) is 0. The molecule has 1 aromatic rings. The van der Waals surface area contributed by atoms with Gasteiger partial charge in [-0.15, -0.1) is 0 Å². The maximum absolute atomic E-state index is 6.00. The van der Waals surface area contributed by atoms with Gasteiger partial charge in [-0.3, -0.25) is 0 Å². The highest BCUT2D eigenvalue weighted by atomic mass is 35.5. The van der Waals surface area contributed by atoms with Crippen LogP contribution in [0.1, 0.15) is 24.5 Å². The van der Waals surface area contributed by atoms with Crippen LogP contribution in [0.4, 0.5) is 0 Å². The fraction of sp³-hybridized carbons (Fsp3) is 0.455. The lowest BCUT2D eigenvalue weighted by molar-refractivity contribution is 0.646. The maximum Gasteiger partial charge on any atom is 0.0437 e. The van der Waals surface area contributed by atoms with Gasteiger partial charge in [0.1, 0.15) is 0 Å². The first-order valence-corrected chi connectivity index (χ1v) is 5.02. The summed E-state index contributed by atoms with van der Waals surface area (Å²) < 4.78 is 0. The molecular weight excluding hydrogens is 182 g/mol. The van der Waals surface area contributed by atoms with Gasteiger partial charge >= 0.3 is 0 Å². The van der Waals surface area contributed by atoms with Gasteiger partial charge in [-0.1, -0.05) is 30.7 Å². The van der Waals surface area contributed by atoms with Crippen molar-refractivity contribution in [2.75, 3.05) is 0 Å². The molecule has 1 aromatic carbocycles. The van der Waals surface area contributed by atoms with Crippen LogP contribution in [0.25, 0.3) is 0 Å². The third kappa shape index (κ3) is 3.02. The molecular formula is C11H16ClN. The number of nitrogens with two attached hydrogens (primary N) is 1. The van der Waals surface area contributed by atoms with E-state index in [2.05, 4.69) is 13.0 Å². The Morgan fingerprint density at radius 2 is 2.15 bits per heavy atom. The van der Waals surface area contributed by atoms with E-state index in [1.807, 2.05) is 19.1 Å². The van der Waals surface area contributed by atoms with Crippen LogP contribution in [-0.2, 0) is 6.42 Å². The SMILES string of the molecule is CCC(N)Cc1ccc(C)c(Cl)c1. The second-order valence-corrected chi connectivity index (χ2v) is 3.86. The number of benzene rings is 1. The van der Waals surface area contributed by atoms with Crippen LogP contribution in [0.5, 0.6) is 0 Å². The molecule has 13 heavy (non-hydrogen) atoms. The molecule has 0 fully saturated rings. The summed E-state index contributed by atoms with van der Waals surface area (Å²) in [6.45, 7) is 4.10. The number of halogens is 1. The normalized spacial score (nSPS) is 12.9. The Labute approximate surface area is 84.9 Å². The van der Waals surface area contributed by atoms with E-state index in [1.165, 1.54) is 5.56 Å². The second-order valence-electron chi connectivity index (χ2n) is 3.46. The van der Waals surface area contributed by atoms with Gasteiger partial charge in [0.2, 0.25) is 0 Å². The van der Waals surface area contributed by atoms with Crippen molar-refractivity contribution in [2.45, 2.75) is 32.7 Å². The van der Waals surface area contributed by atoms with E-state index in [0.29, 0.717) is 0 Å². The van der Waals surface area contributed by atoms with E-state index < -0.39 is 0 Å². The molecule has 0 aliphatic rings. The maximum atomic E-state index is 6.00. The molecule has 0 radical (unpaired) electrons. The summed E-state index contributed by atoms with van der Waals surface area (Å²) in [5, 5.41) is 0.834. The molecule has 0 amide bonds. The molecule has 1 nitrogen and oxygen atoms in total. The van der Waals surface area contributed by atoms with E-state index in [9.17, 15) is 0 Å². The molecule has 72 valence electrons. The van der Waals surface area contributed by atoms with Crippen molar-refractivity contribution in [1.82, 2.24) is 0 Å². The monoisotopic (exact) mass is 197 g/mol. The summed E-state index contributed by atoms with van der Waals surface area (Å²) in [4.78, 5) is 0. The molecule has 1 unspecified atom stereocenters. The Morgan fingerprint density at radius 3 is 2.69 bits per heavy atom. The molecule has 0 aliphatic carbocycles. The minimum Gasteiger partial charge on any atom is -0.327 e. The van der Waals surface area contributed by atoms with Crippen LogP contribution >= 0.6 is 11.6 Å². The third-order valence-corrected chi connectivity index (χ3v) is 2.67. The quantitative estimate of drug-likeness (QED) is 0.793. The summed E-state index contributed by atoms with van der Waals surface area (Å²) in [5.74, 6) is 0. The minimum absolute atomic E-state index is 0.249. The standard InChI is InChI=1S/C11H16ClN/c1-3-10(13)6-9-5-4-8(2)11(12)7-9/h4-5,7,10H,3,6,13H2,1-2H3. The number of hydrogen-bond acceptors (Lipinski definition) is 1. The molecule has 0 heterocycles. The van der Waals surface area contributed by atoms with Crippen molar-refractivity contribution in [2.24, 2.45) is 5.73 Å². The zero-order valence-electron chi connectivity index (χ0n) is 8.18. The molecule has 0 saturated heterocycles. The summed E-state index contributed by atoms with van der Waals surface area (Å²) in [6.07, 6.45) is 1.92. The summed E-state index contributed by atoms with van der Waals surface area (Å²) in [6, 6.07) is 6.39. The van der Waals surface area contributed by atoms with Crippen LogP contribution in [0, 0.1) is 6.92 Å². The first-order valence-electron chi connectivity index (χ1n) is 4.64. The van der Waals surface area contributed by atoms with Crippen LogP contribution in [0.3, 0.4) is 0 Å². The fourth-order valence-electron chi connectivity index (χ4n) is 1.21. The van der Waals surface area contributed by atoms with Gasteiger partial charge in [-0.2, -0.15) is 0 Å². The van der Waals surface area contributed by atoms with E-state index in [1.54, 1.807) is 0 Å². The van der Waals surface area contributed by atoms with Gasteiger partial charge in [0.15, 0.2) is 0 Å². The van der Waals surface area contributed by atoms with Crippen molar-refractivity contribution in [3.05, 3.63) is 34.3 Å². The lowest BCUT2D eigenvalue weighted by atomic mass is 10.0. The average molecular weight is 198 g/mol. The highest BCUT2D eigenvalue weighted by Gasteiger charge is 2.02. The predicted molar refractivity (Wildman–Crippen MR) is 58.2 cm³/mol. The molecule has 1 rings (SSSR count). The van der Waals surface area contributed by atoms with Crippen LogP contribution in [-0.4, -0.2) is 6.04 Å². The Bertz CT molecular complexity index is 283. The van der Waals surface area contributed by atoms with Crippen LogP contribution < -0.4 is 5.73 Å². The van der Waals surface area contributed by atoms with Gasteiger partial charge < -0.3 is 5.73 Å². The predicted octanol–water partition coefficient (Wildman–Crippen LogP) is 2.93. The zero-order valence-corrected chi connectivity index (χ0v) is 8.93. The van der Waals surface area contributed by atoms with Crippen LogP contribution in [0.2, 0.25) is 5.02 Å². The Balaban J connectivity index is 2.73. The van der Waals surface area contributed by atoms with E-state index in [-0.39, 0.29) is 6.04 Å². The summed E-state index contributed by atoms with van der Waals surface area (Å²) >= 11 is 6.00. The highest BCUT2D eigenvalue weighted by Crippen LogP contribution is 2.17. The Kier molecular flexibility index (Phi) is 3.76. The third-order valence-electron chi connectivity index (χ3n) is 2.26. The highest BCUT2D eigenvalue weighted by molar-refractivity contribution is 6.31. The van der Waals surface area contributed by atoms with Gasteiger partial charge in [-0.05, 0) is 37.0 Å². The lowest BCUT2D eigenvalue weighted by Gasteiger charge is -2.09. The first kappa shape index (κ1) is 10.6. The Hall–Kier alpha value is -0.530. The van der Waals surface area contributed by atoms with E-state index in [4.69, 9.17) is 17.3 Å². The smallest absolute Gasteiger partial charge is 0.0437 e. The lowest BCUT2D eigenvalue weighted by Crippen LogP contribution is -2.21. The minimum atomic E-state index is 0.249. The van der Waals surface area contributed by atoms with Crippen molar-refractivity contribution in [3.8, 4) is 0 Å². The molecule has 0 aliphatic heterocycles. The molecule has 2 heteroatoms. The first-order chi connectivity index (χ1) is 6.13. The number of rotatable bonds is 3. The van der Waals surface area contributed by atoms with Crippen molar-refractivity contribution in [1.29, 1.82) is 0 Å². The second kappa shape index (κ2) is 4.64. The molecule has 0 spiro atoms. The Morgan fingerprint density at radius 1 is 1.46 bits per heavy atom. The molecule has 2 N–H and O–H groups in total. The van der Waals surface area contributed by atoms with Crippen molar-refractivity contribution >= 4 is 11.6 Å². The molecule has 0 aromatic heterocycles. The molecule has 0 bridgehead atoms. The number of hydrogen-bond donors (Lipinski definition) is 1. The fourth-order valence-corrected chi connectivity index (χ4v) is 1.41. The van der Waals surface area contributed by atoms with E-state index >= 15 is 0 Å². The van der Waals surface area contributed by atoms with E-state index in [0.717, 1.165) is 23.4 Å². The largest absolute Gasteiger partial charge is 0.327 e. The molecule has 0 saturated carbocycles. The topological polar surface area (TPSA) is 26.0 Å².